The lowest BCUT2D eigenvalue weighted by atomic mass is 9.87. The molecule has 0 spiro atoms. The number of likely N-dealkylation sites (N-methyl/N-ethyl adjacent to an activating group) is 1. The highest BCUT2D eigenvalue weighted by Crippen LogP contribution is 2.31. The molecule has 0 saturated heterocycles. The van der Waals surface area contributed by atoms with E-state index in [4.69, 9.17) is 10.8 Å². The van der Waals surface area contributed by atoms with Gasteiger partial charge < -0.3 is 21.5 Å². The van der Waals surface area contributed by atoms with E-state index in [1.54, 1.807) is 13.8 Å². The van der Waals surface area contributed by atoms with Crippen LogP contribution >= 0.6 is 12.6 Å². The second-order valence-corrected chi connectivity index (χ2v) is 6.07. The van der Waals surface area contributed by atoms with Crippen LogP contribution in [0.25, 0.3) is 0 Å². The summed E-state index contributed by atoms with van der Waals surface area (Å²) in [4.78, 5) is 35.0. The van der Waals surface area contributed by atoms with E-state index < -0.39 is 28.6 Å². The highest BCUT2D eigenvalue weighted by atomic mass is 32.1. The van der Waals surface area contributed by atoms with E-state index in [1.807, 2.05) is 6.92 Å². The van der Waals surface area contributed by atoms with Gasteiger partial charge in [-0.3, -0.25) is 14.4 Å². The van der Waals surface area contributed by atoms with Gasteiger partial charge in [0.1, 0.15) is 6.04 Å². The molecular formula is C13H25N3O4S. The van der Waals surface area contributed by atoms with Gasteiger partial charge in [-0.2, -0.15) is 12.6 Å². The van der Waals surface area contributed by atoms with Gasteiger partial charge in [0.25, 0.3) is 0 Å². The summed E-state index contributed by atoms with van der Waals surface area (Å²) in [5.41, 5.74) is 5.48. The predicted octanol–water partition coefficient (Wildman–Crippen LogP) is -0.245. The number of carbonyl (C=O) groups is 3. The van der Waals surface area contributed by atoms with Crippen molar-refractivity contribution in [1.29, 1.82) is 0 Å². The Morgan fingerprint density at radius 1 is 1.29 bits per heavy atom. The molecule has 2 amide bonds. The molecule has 3 unspecified atom stereocenters. The molecule has 0 heterocycles. The fourth-order valence-corrected chi connectivity index (χ4v) is 2.03. The molecule has 3 atom stereocenters. The molecule has 0 fully saturated rings. The summed E-state index contributed by atoms with van der Waals surface area (Å²) in [5.74, 6) is -2.86. The molecule has 0 rings (SSSR count). The molecule has 0 aromatic rings. The molecule has 0 aliphatic carbocycles. The predicted molar refractivity (Wildman–Crippen MR) is 83.1 cm³/mol. The number of rotatable bonds is 9. The first kappa shape index (κ1) is 19.7. The van der Waals surface area contributed by atoms with Crippen LogP contribution in [0.1, 0.15) is 33.6 Å². The van der Waals surface area contributed by atoms with Crippen molar-refractivity contribution in [3.63, 3.8) is 0 Å². The van der Waals surface area contributed by atoms with Crippen molar-refractivity contribution >= 4 is 30.4 Å². The Morgan fingerprint density at radius 3 is 2.24 bits per heavy atom. The summed E-state index contributed by atoms with van der Waals surface area (Å²) in [7, 11) is 0. The first-order valence-electron chi connectivity index (χ1n) is 6.91. The Morgan fingerprint density at radius 2 is 1.86 bits per heavy atom. The zero-order valence-electron chi connectivity index (χ0n) is 12.7. The van der Waals surface area contributed by atoms with Gasteiger partial charge in [0.2, 0.25) is 11.8 Å². The van der Waals surface area contributed by atoms with E-state index in [0.29, 0.717) is 13.0 Å². The molecule has 7 nitrogen and oxygen atoms in total. The molecule has 5 N–H and O–H groups in total. The number of amides is 2. The molecule has 8 heteroatoms. The zero-order valence-corrected chi connectivity index (χ0v) is 13.6. The third-order valence-corrected chi connectivity index (χ3v) is 4.01. The largest absolute Gasteiger partial charge is 0.481 e. The fourth-order valence-electron chi connectivity index (χ4n) is 1.82. The maximum atomic E-state index is 12.3. The third-order valence-electron chi connectivity index (χ3n) is 3.38. The van der Waals surface area contributed by atoms with Gasteiger partial charge >= 0.3 is 5.97 Å². The van der Waals surface area contributed by atoms with Crippen molar-refractivity contribution < 1.29 is 19.5 Å². The maximum Gasteiger partial charge on any atom is 0.304 e. The van der Waals surface area contributed by atoms with Gasteiger partial charge in [0.15, 0.2) is 0 Å². The summed E-state index contributed by atoms with van der Waals surface area (Å²) >= 11 is 4.38. The minimum absolute atomic E-state index is 0.0627. The minimum atomic E-state index is -1.09. The maximum absolute atomic E-state index is 12.3. The van der Waals surface area contributed by atoms with E-state index in [9.17, 15) is 14.4 Å². The number of nitrogens with two attached hydrogens (primary N) is 1. The van der Waals surface area contributed by atoms with Gasteiger partial charge in [-0.25, -0.2) is 0 Å². The molecular weight excluding hydrogens is 294 g/mol. The lowest BCUT2D eigenvalue weighted by molar-refractivity contribution is -0.142. The highest BCUT2D eigenvalue weighted by Gasteiger charge is 2.37. The smallest absolute Gasteiger partial charge is 0.304 e. The summed E-state index contributed by atoms with van der Waals surface area (Å²) in [6, 6.07) is -0.880. The summed E-state index contributed by atoms with van der Waals surface area (Å²) < 4.78 is -0.789. The first-order valence-corrected chi connectivity index (χ1v) is 7.36. The summed E-state index contributed by atoms with van der Waals surface area (Å²) in [6.45, 7) is 5.63. The number of hydrogen-bond acceptors (Lipinski definition) is 5. The van der Waals surface area contributed by atoms with Crippen molar-refractivity contribution in [2.24, 2.45) is 11.7 Å². The quantitative estimate of drug-likeness (QED) is 0.375. The fraction of sp³-hybridized carbons (Fsp3) is 0.769. The molecule has 0 saturated carbocycles. The number of thiol groups is 1. The van der Waals surface area contributed by atoms with Crippen LogP contribution in [0.4, 0.5) is 0 Å². The van der Waals surface area contributed by atoms with Crippen LogP contribution in [0.2, 0.25) is 0 Å². The van der Waals surface area contributed by atoms with Crippen molar-refractivity contribution in [3.05, 3.63) is 0 Å². The Kier molecular flexibility index (Phi) is 8.34. The van der Waals surface area contributed by atoms with Gasteiger partial charge in [0, 0.05) is 17.8 Å². The number of aliphatic carboxylic acids is 1. The Labute approximate surface area is 130 Å². The second kappa shape index (κ2) is 8.89. The van der Waals surface area contributed by atoms with Crippen LogP contribution in [0.5, 0.6) is 0 Å². The lowest BCUT2D eigenvalue weighted by Gasteiger charge is -2.31. The summed E-state index contributed by atoms with van der Waals surface area (Å²) in [6.07, 6.45) is 0.155. The molecule has 0 aromatic carbocycles. The Balaban J connectivity index is 5.03. The van der Waals surface area contributed by atoms with Crippen LogP contribution in [0, 0.1) is 5.92 Å². The van der Waals surface area contributed by atoms with E-state index in [2.05, 4.69) is 23.3 Å². The van der Waals surface area contributed by atoms with Crippen LogP contribution < -0.4 is 16.4 Å². The van der Waals surface area contributed by atoms with E-state index in [-0.39, 0.29) is 18.9 Å². The Bertz CT molecular complexity index is 388. The molecule has 0 bridgehead atoms. The second-order valence-electron chi connectivity index (χ2n) is 5.05. The van der Waals surface area contributed by atoms with Gasteiger partial charge in [-0.15, -0.1) is 0 Å². The lowest BCUT2D eigenvalue weighted by Crippen LogP contribution is -2.54. The van der Waals surface area contributed by atoms with E-state index in [1.165, 1.54) is 0 Å². The average Bonchev–Trinajstić information content (AvgIpc) is 2.41. The van der Waals surface area contributed by atoms with Crippen molar-refractivity contribution in [2.75, 3.05) is 13.1 Å². The number of carboxylic acids is 1. The van der Waals surface area contributed by atoms with Crippen molar-refractivity contribution in [1.82, 2.24) is 10.6 Å². The molecule has 0 radical (unpaired) electrons. The number of nitrogens with one attached hydrogen (secondary N) is 2. The molecule has 21 heavy (non-hydrogen) atoms. The standard InChI is InChI=1S/C13H25N3O4S/c1-4-13(3,21)8(6-10(17)18)11(19)16-9(7-14)12(20)15-5-2/h8-9,21H,4-7,14H2,1-3H3,(H,15,20)(H,16,19)(H,17,18). The monoisotopic (exact) mass is 319 g/mol. The normalized spacial score (nSPS) is 16.4. The molecule has 0 aromatic heterocycles. The SMILES string of the molecule is CCNC(=O)C(CN)NC(=O)C(CC(=O)O)C(C)(S)CC. The average molecular weight is 319 g/mol. The highest BCUT2D eigenvalue weighted by molar-refractivity contribution is 7.81. The van der Waals surface area contributed by atoms with Crippen molar-refractivity contribution in [3.8, 4) is 0 Å². The van der Waals surface area contributed by atoms with E-state index in [0.717, 1.165) is 0 Å². The number of carbonyl (C=O) groups excluding carboxylic acids is 2. The number of hydrogen-bond donors (Lipinski definition) is 5. The topological polar surface area (TPSA) is 122 Å². The van der Waals surface area contributed by atoms with Crippen LogP contribution in [-0.2, 0) is 14.4 Å². The van der Waals surface area contributed by atoms with Crippen LogP contribution in [0.15, 0.2) is 0 Å². The van der Waals surface area contributed by atoms with Crippen LogP contribution in [0.3, 0.4) is 0 Å². The van der Waals surface area contributed by atoms with Gasteiger partial charge in [-0.1, -0.05) is 6.92 Å². The summed E-state index contributed by atoms with van der Waals surface area (Å²) in [5, 5.41) is 14.0. The van der Waals surface area contributed by atoms with Gasteiger partial charge in [-0.05, 0) is 20.3 Å². The Hall–Kier alpha value is -1.28. The molecule has 0 aliphatic heterocycles. The number of carboxylic acid groups (broad SMARTS) is 1. The molecule has 0 aliphatic rings. The van der Waals surface area contributed by atoms with Gasteiger partial charge in [0.05, 0.1) is 12.3 Å². The van der Waals surface area contributed by atoms with Crippen molar-refractivity contribution in [2.45, 2.75) is 44.4 Å². The van der Waals surface area contributed by atoms with Crippen LogP contribution in [-0.4, -0.2) is 46.8 Å². The zero-order chi connectivity index (χ0) is 16.6. The first-order chi connectivity index (χ1) is 9.69. The molecule has 122 valence electrons. The van der Waals surface area contributed by atoms with E-state index >= 15 is 0 Å². The minimum Gasteiger partial charge on any atom is -0.481 e. The third kappa shape index (κ3) is 6.34.